The Morgan fingerprint density at radius 1 is 1.00 bits per heavy atom. The monoisotopic (exact) mass is 485 g/mol. The molecule has 3 rings (SSSR count). The second kappa shape index (κ2) is 9.45. The molecule has 12 heteroatoms. The summed E-state index contributed by atoms with van der Waals surface area (Å²) in [6, 6.07) is 14.6. The highest BCUT2D eigenvalue weighted by Gasteiger charge is 2.37. The summed E-state index contributed by atoms with van der Waals surface area (Å²) in [5.74, 6) is -2.68. The lowest BCUT2D eigenvalue weighted by molar-refractivity contribution is -0.144. The van der Waals surface area contributed by atoms with E-state index in [2.05, 4.69) is 9.97 Å². The number of benzene rings is 2. The number of aromatic nitrogens is 2. The van der Waals surface area contributed by atoms with E-state index in [4.69, 9.17) is 21.1 Å². The predicted molar refractivity (Wildman–Crippen MR) is 113 cm³/mol. The fourth-order valence-corrected chi connectivity index (χ4v) is 3.44. The first-order chi connectivity index (χ1) is 15.1. The van der Waals surface area contributed by atoms with Gasteiger partial charge in [-0.25, -0.2) is 18.4 Å². The van der Waals surface area contributed by atoms with Crippen LogP contribution in [0.3, 0.4) is 0 Å². The number of rotatable bonds is 7. The molecule has 0 spiro atoms. The molecule has 0 aliphatic heterocycles. The summed E-state index contributed by atoms with van der Waals surface area (Å²) < 4.78 is 77.2. The van der Waals surface area contributed by atoms with Gasteiger partial charge in [-0.3, -0.25) is 4.72 Å². The zero-order valence-corrected chi connectivity index (χ0v) is 17.9. The van der Waals surface area contributed by atoms with Crippen molar-refractivity contribution in [2.24, 2.45) is 0 Å². The molecule has 1 heterocycles. The second-order valence-corrected chi connectivity index (χ2v) is 8.05. The standard InChI is InChI=1S/C20H15ClF3N3O4S/c1-30-14-9-5-6-10-15(14)31-16-17(21)25-19(20(22,23)24)26-18(16)27-32(28,29)12-11-13-7-3-2-4-8-13/h2-12H,1H3,(H,25,26,27). The van der Waals surface area contributed by atoms with Crippen molar-refractivity contribution in [3.63, 3.8) is 0 Å². The van der Waals surface area contributed by atoms with E-state index in [0.29, 0.717) is 5.56 Å². The number of alkyl halides is 3. The van der Waals surface area contributed by atoms with E-state index in [0.717, 1.165) is 5.41 Å². The van der Waals surface area contributed by atoms with E-state index in [9.17, 15) is 21.6 Å². The fraction of sp³-hybridized carbons (Fsp3) is 0.100. The van der Waals surface area contributed by atoms with Gasteiger partial charge in [-0.1, -0.05) is 54.1 Å². The minimum Gasteiger partial charge on any atom is -0.493 e. The molecule has 0 bridgehead atoms. The first-order valence-electron chi connectivity index (χ1n) is 8.80. The first-order valence-corrected chi connectivity index (χ1v) is 10.7. The highest BCUT2D eigenvalue weighted by atomic mass is 35.5. The predicted octanol–water partition coefficient (Wildman–Crippen LogP) is 5.36. The molecular weight excluding hydrogens is 471 g/mol. The summed E-state index contributed by atoms with van der Waals surface area (Å²) in [7, 11) is -2.95. The van der Waals surface area contributed by atoms with Gasteiger partial charge in [-0.15, -0.1) is 0 Å². The summed E-state index contributed by atoms with van der Waals surface area (Å²) in [4.78, 5) is 6.48. The summed E-state index contributed by atoms with van der Waals surface area (Å²) in [5.41, 5.74) is 0.556. The van der Waals surface area contributed by atoms with E-state index < -0.39 is 38.7 Å². The normalized spacial score (nSPS) is 12.0. The highest BCUT2D eigenvalue weighted by molar-refractivity contribution is 7.95. The van der Waals surface area contributed by atoms with Crippen molar-refractivity contribution in [2.75, 3.05) is 11.8 Å². The summed E-state index contributed by atoms with van der Waals surface area (Å²) in [6.45, 7) is 0. The van der Waals surface area contributed by atoms with Crippen LogP contribution < -0.4 is 14.2 Å². The molecule has 0 radical (unpaired) electrons. The molecule has 0 atom stereocenters. The van der Waals surface area contributed by atoms with Crippen LogP contribution in [0.5, 0.6) is 17.2 Å². The molecule has 32 heavy (non-hydrogen) atoms. The number of nitrogens with one attached hydrogen (secondary N) is 1. The van der Waals surface area contributed by atoms with Crippen LogP contribution in [0.25, 0.3) is 6.08 Å². The van der Waals surface area contributed by atoms with Crippen molar-refractivity contribution in [1.29, 1.82) is 0 Å². The number of hydrogen-bond donors (Lipinski definition) is 1. The van der Waals surface area contributed by atoms with Gasteiger partial charge in [-0.05, 0) is 23.8 Å². The van der Waals surface area contributed by atoms with Gasteiger partial charge < -0.3 is 9.47 Å². The van der Waals surface area contributed by atoms with Gasteiger partial charge in [0.15, 0.2) is 22.5 Å². The fourth-order valence-electron chi connectivity index (χ4n) is 2.42. The number of halogens is 4. The van der Waals surface area contributed by atoms with Crippen LogP contribution in [0.4, 0.5) is 19.0 Å². The molecule has 3 aromatic rings. The maximum Gasteiger partial charge on any atom is 0.451 e. The van der Waals surface area contributed by atoms with E-state index >= 15 is 0 Å². The number of para-hydroxylation sites is 2. The van der Waals surface area contributed by atoms with Crippen LogP contribution in [0.2, 0.25) is 5.15 Å². The average Bonchev–Trinajstić information content (AvgIpc) is 2.74. The van der Waals surface area contributed by atoms with E-state index in [1.54, 1.807) is 42.5 Å². The lowest BCUT2D eigenvalue weighted by atomic mass is 10.2. The molecule has 7 nitrogen and oxygen atoms in total. The van der Waals surface area contributed by atoms with Gasteiger partial charge in [-0.2, -0.15) is 13.2 Å². The molecule has 0 saturated carbocycles. The Labute approximate surface area is 186 Å². The summed E-state index contributed by atoms with van der Waals surface area (Å²) >= 11 is 5.92. The molecule has 0 fully saturated rings. The minimum absolute atomic E-state index is 0.0561. The molecule has 1 N–H and O–H groups in total. The van der Waals surface area contributed by atoms with Gasteiger partial charge in [0.2, 0.25) is 11.6 Å². The SMILES string of the molecule is COc1ccccc1Oc1c(Cl)nc(C(F)(F)F)nc1NS(=O)(=O)C=Cc1ccccc1. The lowest BCUT2D eigenvalue weighted by Gasteiger charge is -2.16. The van der Waals surface area contributed by atoms with E-state index in [-0.39, 0.29) is 11.5 Å². The molecule has 0 unspecified atom stereocenters. The quantitative estimate of drug-likeness (QED) is 0.453. The van der Waals surface area contributed by atoms with Crippen LogP contribution in [0.15, 0.2) is 60.0 Å². The largest absolute Gasteiger partial charge is 0.493 e. The van der Waals surface area contributed by atoms with E-state index in [1.807, 2.05) is 4.72 Å². The number of anilines is 1. The highest BCUT2D eigenvalue weighted by Crippen LogP contribution is 2.40. The molecule has 0 aliphatic rings. The molecular formula is C20H15ClF3N3O4S. The Morgan fingerprint density at radius 2 is 1.62 bits per heavy atom. The third-order valence-corrected chi connectivity index (χ3v) is 5.07. The van der Waals surface area contributed by atoms with Gasteiger partial charge in [0.05, 0.1) is 12.5 Å². The number of ether oxygens (including phenoxy) is 2. The Morgan fingerprint density at radius 3 is 2.25 bits per heavy atom. The van der Waals surface area contributed by atoms with Crippen molar-refractivity contribution in [3.8, 4) is 17.2 Å². The molecule has 2 aromatic carbocycles. The Balaban J connectivity index is 2.03. The van der Waals surface area contributed by atoms with Crippen LogP contribution in [-0.4, -0.2) is 25.5 Å². The molecule has 168 valence electrons. The van der Waals surface area contributed by atoms with E-state index in [1.165, 1.54) is 25.3 Å². The molecule has 1 aromatic heterocycles. The second-order valence-electron chi connectivity index (χ2n) is 6.13. The lowest BCUT2D eigenvalue weighted by Crippen LogP contribution is -2.17. The summed E-state index contributed by atoms with van der Waals surface area (Å²) in [6.07, 6.45) is -3.72. The smallest absolute Gasteiger partial charge is 0.451 e. The number of hydrogen-bond acceptors (Lipinski definition) is 6. The van der Waals surface area contributed by atoms with Crippen molar-refractivity contribution in [2.45, 2.75) is 6.18 Å². The third kappa shape index (κ3) is 5.89. The van der Waals surface area contributed by atoms with Crippen LogP contribution >= 0.6 is 11.6 Å². The topological polar surface area (TPSA) is 90.4 Å². The summed E-state index contributed by atoms with van der Waals surface area (Å²) in [5, 5.41) is 0.0290. The van der Waals surface area contributed by atoms with Crippen molar-refractivity contribution in [1.82, 2.24) is 9.97 Å². The Hall–Kier alpha value is -3.31. The zero-order chi connectivity index (χ0) is 23.4. The van der Waals surface area contributed by atoms with Gasteiger partial charge in [0, 0.05) is 0 Å². The van der Waals surface area contributed by atoms with Gasteiger partial charge in [0.25, 0.3) is 10.0 Å². The van der Waals surface area contributed by atoms with Gasteiger partial charge in [0.1, 0.15) is 0 Å². The molecule has 0 saturated heterocycles. The average molecular weight is 486 g/mol. The Kier molecular flexibility index (Phi) is 6.90. The minimum atomic E-state index is -4.98. The molecule has 0 amide bonds. The number of methoxy groups -OCH3 is 1. The van der Waals surface area contributed by atoms with Crippen LogP contribution in [-0.2, 0) is 16.2 Å². The first kappa shape index (κ1) is 23.4. The van der Waals surface area contributed by atoms with Crippen LogP contribution in [0, 0.1) is 0 Å². The number of sulfonamides is 1. The number of nitrogens with zero attached hydrogens (tertiary/aromatic N) is 2. The van der Waals surface area contributed by atoms with Crippen molar-refractivity contribution < 1.29 is 31.1 Å². The van der Waals surface area contributed by atoms with Gasteiger partial charge >= 0.3 is 6.18 Å². The molecule has 0 aliphatic carbocycles. The van der Waals surface area contributed by atoms with Crippen molar-refractivity contribution in [3.05, 3.63) is 76.5 Å². The maximum atomic E-state index is 13.2. The maximum absolute atomic E-state index is 13.2. The third-order valence-electron chi connectivity index (χ3n) is 3.84. The Bertz CT molecular complexity index is 1240. The zero-order valence-electron chi connectivity index (χ0n) is 16.3. The van der Waals surface area contributed by atoms with Crippen molar-refractivity contribution >= 4 is 33.5 Å². The van der Waals surface area contributed by atoms with Crippen LogP contribution in [0.1, 0.15) is 11.4 Å².